The first-order valence-electron chi connectivity index (χ1n) is 9.10. The lowest BCUT2D eigenvalue weighted by Gasteiger charge is -2.27. The van der Waals surface area contributed by atoms with Gasteiger partial charge in [0.15, 0.2) is 6.10 Å². The maximum Gasteiger partial charge on any atom is 0.265 e. The highest BCUT2D eigenvalue weighted by Crippen LogP contribution is 2.35. The summed E-state index contributed by atoms with van der Waals surface area (Å²) in [4.78, 5) is 26.0. The zero-order chi connectivity index (χ0) is 19.8. The van der Waals surface area contributed by atoms with Gasteiger partial charge in [-0.3, -0.25) is 9.59 Å². The summed E-state index contributed by atoms with van der Waals surface area (Å²) in [6.07, 6.45) is 1.73. The average Bonchev–Trinajstić information content (AvgIpc) is 3.15. The first-order valence-corrected chi connectivity index (χ1v) is 10.5. The Morgan fingerprint density at radius 1 is 1.33 bits per heavy atom. The zero-order valence-electron chi connectivity index (χ0n) is 15.8. The number of likely N-dealkylation sites (tertiary alicyclic amines) is 1. The van der Waals surface area contributed by atoms with Crippen LogP contribution in [0, 0.1) is 6.92 Å². The number of carbonyl (C=O) groups excluding carboxylic acids is 2. The van der Waals surface area contributed by atoms with Crippen LogP contribution in [0.2, 0.25) is 0 Å². The predicted molar refractivity (Wildman–Crippen MR) is 100 cm³/mol. The lowest BCUT2D eigenvalue weighted by molar-refractivity contribution is -0.130. The number of hydrogen-bond acceptors (Lipinski definition) is 5. The van der Waals surface area contributed by atoms with E-state index in [0.717, 1.165) is 17.1 Å². The number of nitrogens with zero attached hydrogens (tertiary/aromatic N) is 2. The summed E-state index contributed by atoms with van der Waals surface area (Å²) in [6, 6.07) is 3.01. The highest BCUT2D eigenvalue weighted by molar-refractivity contribution is 7.89. The van der Waals surface area contributed by atoms with Crippen LogP contribution in [0.15, 0.2) is 17.0 Å². The standard InChI is InChI=1S/C18H25N3O5S/c1-4-14-18(23)19-13-9-12(2)16(10-15(13)26-14)27(24,25)20(3)11-17(22)21-7-5-6-8-21/h9-10,14H,4-8,11H2,1-3H3,(H,19,23). The molecule has 1 aromatic rings. The fourth-order valence-electron chi connectivity index (χ4n) is 3.34. The van der Waals surface area contributed by atoms with E-state index in [0.29, 0.717) is 36.5 Å². The van der Waals surface area contributed by atoms with Gasteiger partial charge >= 0.3 is 0 Å². The largest absolute Gasteiger partial charge is 0.478 e. The van der Waals surface area contributed by atoms with Crippen molar-refractivity contribution in [3.05, 3.63) is 17.7 Å². The Balaban J connectivity index is 1.85. The van der Waals surface area contributed by atoms with E-state index in [1.807, 2.05) is 6.92 Å². The van der Waals surface area contributed by atoms with Crippen LogP contribution in [0.5, 0.6) is 5.75 Å². The van der Waals surface area contributed by atoms with Crippen molar-refractivity contribution in [3.8, 4) is 5.75 Å². The molecule has 2 aliphatic rings. The number of likely N-dealkylation sites (N-methyl/N-ethyl adjacent to an activating group) is 1. The summed E-state index contributed by atoms with van der Waals surface area (Å²) in [5.41, 5.74) is 0.935. The van der Waals surface area contributed by atoms with Crippen LogP contribution in [0.1, 0.15) is 31.7 Å². The summed E-state index contributed by atoms with van der Waals surface area (Å²) in [7, 11) is -2.47. The van der Waals surface area contributed by atoms with Gasteiger partial charge in [-0.25, -0.2) is 8.42 Å². The van der Waals surface area contributed by atoms with Crippen molar-refractivity contribution in [2.75, 3.05) is 32.0 Å². The predicted octanol–water partition coefficient (Wildman–Crippen LogP) is 1.35. The number of aryl methyl sites for hydroxylation is 1. The van der Waals surface area contributed by atoms with Crippen molar-refractivity contribution in [2.24, 2.45) is 0 Å². The second kappa shape index (κ2) is 7.47. The molecule has 0 aliphatic carbocycles. The fourth-order valence-corrected chi connectivity index (χ4v) is 4.68. The molecule has 0 bridgehead atoms. The third-order valence-corrected chi connectivity index (χ3v) is 6.92. The van der Waals surface area contributed by atoms with Gasteiger partial charge in [0.1, 0.15) is 5.75 Å². The quantitative estimate of drug-likeness (QED) is 0.812. The number of fused-ring (bicyclic) bond motifs is 1. The molecule has 1 atom stereocenters. The first-order chi connectivity index (χ1) is 12.7. The second-order valence-electron chi connectivity index (χ2n) is 6.97. The molecule has 0 spiro atoms. The Labute approximate surface area is 159 Å². The molecule has 2 aliphatic heterocycles. The minimum atomic E-state index is -3.87. The molecule has 0 aromatic heterocycles. The summed E-state index contributed by atoms with van der Waals surface area (Å²) < 4.78 is 32.8. The molecule has 0 radical (unpaired) electrons. The number of carbonyl (C=O) groups is 2. The molecule has 1 aromatic carbocycles. The van der Waals surface area contributed by atoms with Crippen LogP contribution in [-0.4, -0.2) is 62.2 Å². The summed E-state index contributed by atoms with van der Waals surface area (Å²) >= 11 is 0. The van der Waals surface area contributed by atoms with Gasteiger partial charge in [-0.1, -0.05) is 6.92 Å². The number of rotatable bonds is 5. The van der Waals surface area contributed by atoms with Gasteiger partial charge in [-0.2, -0.15) is 4.31 Å². The van der Waals surface area contributed by atoms with Crippen molar-refractivity contribution < 1.29 is 22.7 Å². The van der Waals surface area contributed by atoms with Crippen LogP contribution in [-0.2, 0) is 19.6 Å². The molecule has 1 fully saturated rings. The maximum absolute atomic E-state index is 13.0. The Hall–Kier alpha value is -2.13. The molecule has 1 saturated heterocycles. The van der Waals surface area contributed by atoms with Gasteiger partial charge in [-0.15, -0.1) is 0 Å². The lowest BCUT2D eigenvalue weighted by atomic mass is 10.1. The molecular weight excluding hydrogens is 370 g/mol. The molecule has 8 nitrogen and oxygen atoms in total. The van der Waals surface area contributed by atoms with Crippen molar-refractivity contribution in [1.82, 2.24) is 9.21 Å². The molecule has 0 saturated carbocycles. The Kier molecular flexibility index (Phi) is 5.43. The number of anilines is 1. The molecule has 2 amide bonds. The Morgan fingerprint density at radius 3 is 2.63 bits per heavy atom. The topological polar surface area (TPSA) is 96.0 Å². The number of sulfonamides is 1. The van der Waals surface area contributed by atoms with E-state index in [-0.39, 0.29) is 23.3 Å². The Bertz CT molecular complexity index is 862. The van der Waals surface area contributed by atoms with Gasteiger partial charge < -0.3 is 15.0 Å². The normalized spacial score (nSPS) is 19.6. The van der Waals surface area contributed by atoms with E-state index in [2.05, 4.69) is 5.32 Å². The van der Waals surface area contributed by atoms with Crippen LogP contribution >= 0.6 is 0 Å². The fraction of sp³-hybridized carbons (Fsp3) is 0.556. The summed E-state index contributed by atoms with van der Waals surface area (Å²) in [5, 5.41) is 2.75. The molecule has 1 N–H and O–H groups in total. The monoisotopic (exact) mass is 395 g/mol. The molecule has 2 heterocycles. The van der Waals surface area contributed by atoms with E-state index in [1.54, 1.807) is 17.9 Å². The van der Waals surface area contributed by atoms with Gasteiger partial charge in [0.2, 0.25) is 15.9 Å². The minimum Gasteiger partial charge on any atom is -0.478 e. The number of ether oxygens (including phenoxy) is 1. The molecule has 27 heavy (non-hydrogen) atoms. The second-order valence-corrected chi connectivity index (χ2v) is 8.98. The van der Waals surface area contributed by atoms with Crippen LogP contribution in [0.25, 0.3) is 0 Å². The van der Waals surface area contributed by atoms with Crippen LogP contribution in [0.4, 0.5) is 5.69 Å². The van der Waals surface area contributed by atoms with E-state index >= 15 is 0 Å². The summed E-state index contributed by atoms with van der Waals surface area (Å²) in [5.74, 6) is -0.109. The average molecular weight is 395 g/mol. The van der Waals surface area contributed by atoms with Crippen molar-refractivity contribution >= 4 is 27.5 Å². The smallest absolute Gasteiger partial charge is 0.265 e. The van der Waals surface area contributed by atoms with Crippen LogP contribution < -0.4 is 10.1 Å². The van der Waals surface area contributed by atoms with E-state index in [4.69, 9.17) is 4.74 Å². The van der Waals surface area contributed by atoms with Crippen molar-refractivity contribution in [3.63, 3.8) is 0 Å². The zero-order valence-corrected chi connectivity index (χ0v) is 16.6. The van der Waals surface area contributed by atoms with Gasteiger partial charge in [-0.05, 0) is 37.8 Å². The molecule has 1 unspecified atom stereocenters. The van der Waals surface area contributed by atoms with E-state index < -0.39 is 16.1 Å². The maximum atomic E-state index is 13.0. The number of amides is 2. The van der Waals surface area contributed by atoms with E-state index in [9.17, 15) is 18.0 Å². The molecular formula is C18H25N3O5S. The SMILES string of the molecule is CCC1Oc2cc(S(=O)(=O)N(C)CC(=O)N3CCCC3)c(C)cc2NC1=O. The highest BCUT2D eigenvalue weighted by Gasteiger charge is 2.31. The first kappa shape index (κ1) is 19.6. The molecule has 9 heteroatoms. The number of hydrogen-bond donors (Lipinski definition) is 1. The highest BCUT2D eigenvalue weighted by atomic mass is 32.2. The van der Waals surface area contributed by atoms with Gasteiger partial charge in [0, 0.05) is 26.2 Å². The van der Waals surface area contributed by atoms with E-state index in [1.165, 1.54) is 13.1 Å². The summed E-state index contributed by atoms with van der Waals surface area (Å²) in [6.45, 7) is 4.63. The van der Waals surface area contributed by atoms with Crippen molar-refractivity contribution in [1.29, 1.82) is 0 Å². The van der Waals surface area contributed by atoms with Gasteiger partial charge in [0.25, 0.3) is 5.91 Å². The molecule has 148 valence electrons. The molecule has 3 rings (SSSR count). The van der Waals surface area contributed by atoms with Crippen LogP contribution in [0.3, 0.4) is 0 Å². The number of benzene rings is 1. The van der Waals surface area contributed by atoms with Crippen molar-refractivity contribution in [2.45, 2.75) is 44.1 Å². The number of nitrogens with one attached hydrogen (secondary N) is 1. The minimum absolute atomic E-state index is 0.0731. The lowest BCUT2D eigenvalue weighted by Crippen LogP contribution is -2.40. The Morgan fingerprint density at radius 2 is 2.00 bits per heavy atom. The van der Waals surface area contributed by atoms with Gasteiger partial charge in [0.05, 0.1) is 17.1 Å². The third kappa shape index (κ3) is 3.79. The third-order valence-electron chi connectivity index (χ3n) is 4.97.